The van der Waals surface area contributed by atoms with Gasteiger partial charge in [-0.2, -0.15) is 0 Å². The molecule has 0 amide bonds. The third-order valence-electron chi connectivity index (χ3n) is 3.06. The molecule has 0 radical (unpaired) electrons. The van der Waals surface area contributed by atoms with Crippen LogP contribution in [-0.2, 0) is 10.0 Å². The number of sulfonamides is 1. The second-order valence-electron chi connectivity index (χ2n) is 4.75. The molecule has 0 spiro atoms. The minimum Gasteiger partial charge on any atom is -0.332 e. The van der Waals surface area contributed by atoms with Crippen LogP contribution in [-0.4, -0.2) is 37.0 Å². The van der Waals surface area contributed by atoms with Crippen molar-refractivity contribution >= 4 is 10.0 Å². The molecular weight excluding hydrogens is 240 g/mol. The van der Waals surface area contributed by atoms with Crippen LogP contribution in [0.1, 0.15) is 25.6 Å². The van der Waals surface area contributed by atoms with Crippen LogP contribution in [0, 0.1) is 6.92 Å². The van der Waals surface area contributed by atoms with Crippen molar-refractivity contribution < 1.29 is 8.42 Å². The Labute approximate surface area is 101 Å². The zero-order valence-electron chi connectivity index (χ0n) is 10.1. The first-order valence-corrected chi connectivity index (χ1v) is 7.16. The van der Waals surface area contributed by atoms with Crippen molar-refractivity contribution in [1.29, 1.82) is 0 Å². The highest BCUT2D eigenvalue weighted by molar-refractivity contribution is 7.89. The number of nitrogens with zero attached hydrogens (tertiary/aromatic N) is 1. The van der Waals surface area contributed by atoms with Crippen LogP contribution < -0.4 is 10.0 Å². The number of nitrogens with one attached hydrogen (secondary N) is 3. The van der Waals surface area contributed by atoms with E-state index in [1.807, 2.05) is 6.92 Å². The van der Waals surface area contributed by atoms with Gasteiger partial charge in [0.05, 0.1) is 6.20 Å². The summed E-state index contributed by atoms with van der Waals surface area (Å²) in [5, 5.41) is 3.35. The number of hydrogen-bond acceptors (Lipinski definition) is 4. The van der Waals surface area contributed by atoms with Gasteiger partial charge in [-0.15, -0.1) is 0 Å². The van der Waals surface area contributed by atoms with Crippen molar-refractivity contribution in [3.8, 4) is 0 Å². The maximum atomic E-state index is 12.1. The van der Waals surface area contributed by atoms with Gasteiger partial charge in [-0.1, -0.05) is 0 Å². The van der Waals surface area contributed by atoms with E-state index in [4.69, 9.17) is 0 Å². The standard InChI is InChI=1S/C10H18N4O2S/c1-8-12-7-9(13-8)17(15,16)14-10(2)3-5-11-6-4-10/h7,11,14H,3-6H2,1-2H3,(H,12,13). The van der Waals surface area contributed by atoms with Gasteiger partial charge in [0, 0.05) is 5.54 Å². The van der Waals surface area contributed by atoms with Gasteiger partial charge in [-0.05, 0) is 39.8 Å². The average Bonchev–Trinajstić information content (AvgIpc) is 2.65. The summed E-state index contributed by atoms with van der Waals surface area (Å²) in [5.41, 5.74) is -0.372. The third-order valence-corrected chi connectivity index (χ3v) is 4.60. The molecule has 1 saturated heterocycles. The molecule has 2 heterocycles. The lowest BCUT2D eigenvalue weighted by atomic mass is 9.92. The Morgan fingerprint density at radius 2 is 2.06 bits per heavy atom. The Kier molecular flexibility index (Phi) is 3.24. The molecule has 0 atom stereocenters. The molecule has 0 bridgehead atoms. The van der Waals surface area contributed by atoms with Crippen LogP contribution in [0.2, 0.25) is 0 Å². The largest absolute Gasteiger partial charge is 0.332 e. The highest BCUT2D eigenvalue weighted by Gasteiger charge is 2.32. The molecule has 96 valence electrons. The maximum absolute atomic E-state index is 12.1. The molecule has 0 aliphatic carbocycles. The molecule has 1 aliphatic rings. The van der Waals surface area contributed by atoms with E-state index in [0.29, 0.717) is 5.82 Å². The molecule has 1 fully saturated rings. The highest BCUT2D eigenvalue weighted by atomic mass is 32.2. The van der Waals surface area contributed by atoms with Crippen molar-refractivity contribution in [1.82, 2.24) is 20.0 Å². The number of rotatable bonds is 3. The van der Waals surface area contributed by atoms with E-state index in [-0.39, 0.29) is 10.6 Å². The molecule has 0 unspecified atom stereocenters. The van der Waals surface area contributed by atoms with E-state index < -0.39 is 10.0 Å². The number of H-pyrrole nitrogens is 1. The minimum atomic E-state index is -3.49. The van der Waals surface area contributed by atoms with E-state index in [1.165, 1.54) is 6.20 Å². The Bertz CT molecular complexity index is 488. The summed E-state index contributed by atoms with van der Waals surface area (Å²) in [6.07, 6.45) is 2.93. The van der Waals surface area contributed by atoms with Gasteiger partial charge >= 0.3 is 0 Å². The Morgan fingerprint density at radius 1 is 1.41 bits per heavy atom. The van der Waals surface area contributed by atoms with Crippen molar-refractivity contribution in [2.45, 2.75) is 37.3 Å². The molecule has 1 aromatic heterocycles. The van der Waals surface area contributed by atoms with E-state index in [1.54, 1.807) is 6.92 Å². The monoisotopic (exact) mass is 258 g/mol. The second-order valence-corrected chi connectivity index (χ2v) is 6.40. The first-order chi connectivity index (χ1) is 7.91. The minimum absolute atomic E-state index is 0.134. The summed E-state index contributed by atoms with van der Waals surface area (Å²) in [4.78, 5) is 6.66. The number of imidazole rings is 1. The highest BCUT2D eigenvalue weighted by Crippen LogP contribution is 2.20. The van der Waals surface area contributed by atoms with Gasteiger partial charge in [0.15, 0.2) is 5.03 Å². The average molecular weight is 258 g/mol. The van der Waals surface area contributed by atoms with Gasteiger partial charge in [0.2, 0.25) is 0 Å². The van der Waals surface area contributed by atoms with E-state index in [2.05, 4.69) is 20.0 Å². The third kappa shape index (κ3) is 2.85. The van der Waals surface area contributed by atoms with Crippen molar-refractivity contribution in [2.75, 3.05) is 13.1 Å². The van der Waals surface area contributed by atoms with E-state index >= 15 is 0 Å². The SMILES string of the molecule is Cc1ncc(S(=O)(=O)NC2(C)CCNCC2)[nH]1. The van der Waals surface area contributed by atoms with Crippen LogP contribution in [0.25, 0.3) is 0 Å². The molecule has 1 aliphatic heterocycles. The lowest BCUT2D eigenvalue weighted by molar-refractivity contribution is 0.307. The first kappa shape index (κ1) is 12.5. The fourth-order valence-electron chi connectivity index (χ4n) is 1.99. The molecule has 3 N–H and O–H groups in total. The summed E-state index contributed by atoms with van der Waals surface area (Å²) < 4.78 is 27.0. The summed E-state index contributed by atoms with van der Waals surface area (Å²) in [5.74, 6) is 0.598. The zero-order valence-corrected chi connectivity index (χ0v) is 10.9. The van der Waals surface area contributed by atoms with Gasteiger partial charge in [-0.3, -0.25) is 0 Å². The Morgan fingerprint density at radius 3 is 2.59 bits per heavy atom. The summed E-state index contributed by atoms with van der Waals surface area (Å²) in [6, 6.07) is 0. The predicted molar refractivity (Wildman–Crippen MR) is 64.2 cm³/mol. The smallest absolute Gasteiger partial charge is 0.258 e. The van der Waals surface area contributed by atoms with Crippen LogP contribution in [0.15, 0.2) is 11.2 Å². The molecule has 7 heteroatoms. The zero-order chi connectivity index (χ0) is 12.5. The normalized spacial score (nSPS) is 20.4. The number of aromatic nitrogens is 2. The summed E-state index contributed by atoms with van der Waals surface area (Å²) in [6.45, 7) is 5.34. The first-order valence-electron chi connectivity index (χ1n) is 5.68. The fraction of sp³-hybridized carbons (Fsp3) is 0.700. The van der Waals surface area contributed by atoms with Crippen LogP contribution in [0.3, 0.4) is 0 Å². The van der Waals surface area contributed by atoms with Crippen LogP contribution in [0.4, 0.5) is 0 Å². The topological polar surface area (TPSA) is 86.9 Å². The van der Waals surface area contributed by atoms with Gasteiger partial charge in [0.25, 0.3) is 10.0 Å². The summed E-state index contributed by atoms with van der Waals surface area (Å²) in [7, 11) is -3.49. The quantitative estimate of drug-likeness (QED) is 0.719. The number of aromatic amines is 1. The molecule has 2 rings (SSSR count). The summed E-state index contributed by atoms with van der Waals surface area (Å²) >= 11 is 0. The second kappa shape index (κ2) is 4.40. The van der Waals surface area contributed by atoms with E-state index in [9.17, 15) is 8.42 Å². The lowest BCUT2D eigenvalue weighted by Crippen LogP contribution is -2.52. The van der Waals surface area contributed by atoms with Crippen molar-refractivity contribution in [3.05, 3.63) is 12.0 Å². The van der Waals surface area contributed by atoms with E-state index in [0.717, 1.165) is 25.9 Å². The van der Waals surface area contributed by atoms with Gasteiger partial charge < -0.3 is 10.3 Å². The maximum Gasteiger partial charge on any atom is 0.258 e. The fourth-order valence-corrected chi connectivity index (χ4v) is 3.43. The number of hydrogen-bond donors (Lipinski definition) is 3. The van der Waals surface area contributed by atoms with Gasteiger partial charge in [-0.25, -0.2) is 18.1 Å². The molecule has 0 saturated carbocycles. The van der Waals surface area contributed by atoms with Gasteiger partial charge in [0.1, 0.15) is 5.82 Å². The molecular formula is C10H18N4O2S. The molecule has 6 nitrogen and oxygen atoms in total. The Hall–Kier alpha value is -0.920. The van der Waals surface area contributed by atoms with Crippen LogP contribution >= 0.6 is 0 Å². The van der Waals surface area contributed by atoms with Crippen molar-refractivity contribution in [2.24, 2.45) is 0 Å². The lowest BCUT2D eigenvalue weighted by Gasteiger charge is -2.34. The predicted octanol–water partition coefficient (Wildman–Crippen LogP) is 0.139. The van der Waals surface area contributed by atoms with Crippen LogP contribution in [0.5, 0.6) is 0 Å². The molecule has 17 heavy (non-hydrogen) atoms. The van der Waals surface area contributed by atoms with Crippen molar-refractivity contribution in [3.63, 3.8) is 0 Å². The number of aryl methyl sites for hydroxylation is 1. The molecule has 1 aromatic rings. The molecule has 0 aromatic carbocycles. The number of piperidine rings is 1. The Balaban J connectivity index is 2.17.